The minimum Gasteiger partial charge on any atom is -0.407 e. The molecule has 5 nitrogen and oxygen atoms in total. The first kappa shape index (κ1) is 22.2. The number of carbonyl (C=O) groups is 1. The van der Waals surface area contributed by atoms with E-state index in [2.05, 4.69) is 36.4 Å². The Kier molecular flexibility index (Phi) is 5.82. The number of benzene rings is 3. The second-order valence-corrected chi connectivity index (χ2v) is 9.44. The molecule has 36 heavy (non-hydrogen) atoms. The molecular formula is C31H27N3O2. The molecule has 0 spiro atoms. The van der Waals surface area contributed by atoms with Crippen molar-refractivity contribution in [3.8, 4) is 17.1 Å². The molecule has 1 saturated carbocycles. The number of aromatic nitrogens is 3. The van der Waals surface area contributed by atoms with Crippen molar-refractivity contribution in [2.45, 2.75) is 38.5 Å². The third-order valence-corrected chi connectivity index (χ3v) is 6.62. The van der Waals surface area contributed by atoms with E-state index in [1.54, 1.807) is 0 Å². The van der Waals surface area contributed by atoms with Gasteiger partial charge in [0.1, 0.15) is 5.69 Å². The number of nitrogens with zero attached hydrogens (tertiary/aromatic N) is 3. The van der Waals surface area contributed by atoms with Gasteiger partial charge in [0, 0.05) is 31.5 Å². The van der Waals surface area contributed by atoms with E-state index < -0.39 is 0 Å². The van der Waals surface area contributed by atoms with Gasteiger partial charge in [-0.2, -0.15) is 0 Å². The first-order valence-electron chi connectivity index (χ1n) is 12.4. The standard InChI is InChI=1S/C31H27N3O2/c1-21(35)36-31-28(19-23-12-14-24(15-13-23)25-16-17-25)33-30-27(18-22-8-4-2-5-9-22)32-29(20-34(30)31)26-10-6-3-7-11-26/h2-15,20,25H,16-19H2,1H3. The molecule has 5 aromatic rings. The highest BCUT2D eigenvalue weighted by molar-refractivity contribution is 5.71. The Labute approximate surface area is 210 Å². The molecular weight excluding hydrogens is 446 g/mol. The molecule has 2 aromatic heterocycles. The van der Waals surface area contributed by atoms with Crippen LogP contribution in [0, 0.1) is 0 Å². The molecule has 0 atom stereocenters. The Hall–Kier alpha value is -4.25. The quantitative estimate of drug-likeness (QED) is 0.257. The van der Waals surface area contributed by atoms with Crippen LogP contribution in [0.25, 0.3) is 16.9 Å². The number of rotatable bonds is 7. The average Bonchev–Trinajstić information content (AvgIpc) is 3.70. The van der Waals surface area contributed by atoms with E-state index in [-0.39, 0.29) is 5.97 Å². The van der Waals surface area contributed by atoms with Crippen molar-refractivity contribution in [2.24, 2.45) is 0 Å². The SMILES string of the molecule is CC(=O)Oc1c(Cc2ccc(C3CC3)cc2)nc2c(Cc3ccccc3)nc(-c3ccccc3)cn12. The summed E-state index contributed by atoms with van der Waals surface area (Å²) in [7, 11) is 0. The third-order valence-electron chi connectivity index (χ3n) is 6.62. The summed E-state index contributed by atoms with van der Waals surface area (Å²) in [4.78, 5) is 22.1. The molecule has 178 valence electrons. The first-order chi connectivity index (χ1) is 17.6. The molecule has 1 fully saturated rings. The van der Waals surface area contributed by atoms with Crippen molar-refractivity contribution in [2.75, 3.05) is 0 Å². The van der Waals surface area contributed by atoms with Gasteiger partial charge in [-0.25, -0.2) is 9.97 Å². The molecule has 0 radical (unpaired) electrons. The molecule has 1 aliphatic rings. The number of ether oxygens (including phenoxy) is 1. The zero-order valence-electron chi connectivity index (χ0n) is 20.2. The molecule has 1 aliphatic carbocycles. The smallest absolute Gasteiger partial charge is 0.309 e. The Balaban J connectivity index is 1.48. The van der Waals surface area contributed by atoms with Crippen molar-refractivity contribution >= 4 is 11.6 Å². The predicted octanol–water partition coefficient (Wildman–Crippen LogP) is 6.38. The van der Waals surface area contributed by atoms with Crippen LogP contribution in [0.1, 0.15) is 53.8 Å². The molecule has 5 heteroatoms. The monoisotopic (exact) mass is 473 g/mol. The van der Waals surface area contributed by atoms with Crippen LogP contribution in [0.2, 0.25) is 0 Å². The molecule has 0 amide bonds. The zero-order chi connectivity index (χ0) is 24.5. The van der Waals surface area contributed by atoms with Gasteiger partial charge in [0.25, 0.3) is 0 Å². The van der Waals surface area contributed by atoms with Crippen molar-refractivity contribution in [3.05, 3.63) is 119 Å². The van der Waals surface area contributed by atoms with E-state index in [4.69, 9.17) is 14.7 Å². The largest absolute Gasteiger partial charge is 0.407 e. The summed E-state index contributed by atoms with van der Waals surface area (Å²) >= 11 is 0. The van der Waals surface area contributed by atoms with Crippen LogP contribution in [0.4, 0.5) is 0 Å². The van der Waals surface area contributed by atoms with Gasteiger partial charge in [0.2, 0.25) is 5.88 Å². The van der Waals surface area contributed by atoms with Crippen molar-refractivity contribution < 1.29 is 9.53 Å². The van der Waals surface area contributed by atoms with Crippen LogP contribution in [0.15, 0.2) is 91.1 Å². The van der Waals surface area contributed by atoms with E-state index in [9.17, 15) is 4.79 Å². The molecule has 3 aromatic carbocycles. The number of hydrogen-bond acceptors (Lipinski definition) is 4. The number of imidazole rings is 1. The maximum absolute atomic E-state index is 12.1. The minimum absolute atomic E-state index is 0.371. The fraction of sp³-hybridized carbons (Fsp3) is 0.194. The number of fused-ring (bicyclic) bond motifs is 1. The fourth-order valence-corrected chi connectivity index (χ4v) is 4.67. The van der Waals surface area contributed by atoms with E-state index in [1.165, 1.54) is 25.3 Å². The van der Waals surface area contributed by atoms with Crippen LogP contribution >= 0.6 is 0 Å². The van der Waals surface area contributed by atoms with Crippen LogP contribution in [-0.4, -0.2) is 20.3 Å². The van der Waals surface area contributed by atoms with Gasteiger partial charge in [-0.3, -0.25) is 9.20 Å². The van der Waals surface area contributed by atoms with Crippen molar-refractivity contribution in [1.82, 2.24) is 14.4 Å². The summed E-state index contributed by atoms with van der Waals surface area (Å²) in [5, 5.41) is 0. The van der Waals surface area contributed by atoms with Gasteiger partial charge < -0.3 is 4.74 Å². The lowest BCUT2D eigenvalue weighted by molar-refractivity contribution is -0.132. The molecule has 6 rings (SSSR count). The first-order valence-corrected chi connectivity index (χ1v) is 12.4. The Morgan fingerprint density at radius 3 is 2.14 bits per heavy atom. The second kappa shape index (κ2) is 9.42. The van der Waals surface area contributed by atoms with E-state index in [1.807, 2.05) is 59.1 Å². The Morgan fingerprint density at radius 1 is 0.833 bits per heavy atom. The number of esters is 1. The third kappa shape index (κ3) is 4.65. The highest BCUT2D eigenvalue weighted by Gasteiger charge is 2.24. The highest BCUT2D eigenvalue weighted by Crippen LogP contribution is 2.40. The number of carbonyl (C=O) groups excluding carboxylic acids is 1. The van der Waals surface area contributed by atoms with Crippen molar-refractivity contribution in [1.29, 1.82) is 0 Å². The summed E-state index contributed by atoms with van der Waals surface area (Å²) < 4.78 is 7.66. The van der Waals surface area contributed by atoms with E-state index in [0.29, 0.717) is 30.3 Å². The highest BCUT2D eigenvalue weighted by atomic mass is 16.5. The van der Waals surface area contributed by atoms with Gasteiger partial charge in [-0.15, -0.1) is 0 Å². The fourth-order valence-electron chi connectivity index (χ4n) is 4.67. The molecule has 0 unspecified atom stereocenters. The summed E-state index contributed by atoms with van der Waals surface area (Å²) in [5.74, 6) is 0.802. The topological polar surface area (TPSA) is 56.5 Å². The summed E-state index contributed by atoms with van der Waals surface area (Å²) in [6.45, 7) is 1.43. The maximum Gasteiger partial charge on any atom is 0.309 e. The maximum atomic E-state index is 12.1. The van der Waals surface area contributed by atoms with Gasteiger partial charge >= 0.3 is 5.97 Å². The molecule has 0 bridgehead atoms. The Morgan fingerprint density at radius 2 is 1.47 bits per heavy atom. The van der Waals surface area contributed by atoms with Gasteiger partial charge in [0.05, 0.1) is 11.4 Å². The van der Waals surface area contributed by atoms with Gasteiger partial charge in [-0.1, -0.05) is 84.9 Å². The normalized spacial score (nSPS) is 13.1. The van der Waals surface area contributed by atoms with Crippen LogP contribution in [0.5, 0.6) is 5.88 Å². The second-order valence-electron chi connectivity index (χ2n) is 9.44. The Bertz CT molecular complexity index is 1520. The van der Waals surface area contributed by atoms with Crippen LogP contribution < -0.4 is 4.74 Å². The lowest BCUT2D eigenvalue weighted by atomic mass is 10.1. The summed E-state index contributed by atoms with van der Waals surface area (Å²) in [6.07, 6.45) is 5.68. The van der Waals surface area contributed by atoms with E-state index >= 15 is 0 Å². The summed E-state index contributed by atoms with van der Waals surface area (Å²) in [5.41, 5.74) is 7.75. The molecule has 0 aliphatic heterocycles. The van der Waals surface area contributed by atoms with Crippen molar-refractivity contribution in [3.63, 3.8) is 0 Å². The average molecular weight is 474 g/mol. The molecule has 0 saturated heterocycles. The lowest BCUT2D eigenvalue weighted by Gasteiger charge is -2.10. The minimum atomic E-state index is -0.371. The van der Waals surface area contributed by atoms with E-state index in [0.717, 1.165) is 33.8 Å². The van der Waals surface area contributed by atoms with Gasteiger partial charge in [-0.05, 0) is 35.4 Å². The molecule has 2 heterocycles. The summed E-state index contributed by atoms with van der Waals surface area (Å²) in [6, 6.07) is 29.0. The lowest BCUT2D eigenvalue weighted by Crippen LogP contribution is -2.07. The number of hydrogen-bond donors (Lipinski definition) is 0. The van der Waals surface area contributed by atoms with Crippen LogP contribution in [0.3, 0.4) is 0 Å². The van der Waals surface area contributed by atoms with Gasteiger partial charge in [0.15, 0.2) is 5.65 Å². The molecule has 0 N–H and O–H groups in total. The predicted molar refractivity (Wildman–Crippen MR) is 140 cm³/mol. The zero-order valence-corrected chi connectivity index (χ0v) is 20.2. The van der Waals surface area contributed by atoms with Crippen LogP contribution in [-0.2, 0) is 17.6 Å².